The van der Waals surface area contributed by atoms with Gasteiger partial charge in [0.05, 0.1) is 14.2 Å². The van der Waals surface area contributed by atoms with Gasteiger partial charge in [-0.05, 0) is 43.4 Å². The van der Waals surface area contributed by atoms with Crippen LogP contribution in [0.5, 0.6) is 11.5 Å². The van der Waals surface area contributed by atoms with Crippen molar-refractivity contribution < 1.29 is 9.47 Å². The van der Waals surface area contributed by atoms with Crippen molar-refractivity contribution in [3.8, 4) is 11.5 Å². The third-order valence-electron chi connectivity index (χ3n) is 3.28. The summed E-state index contributed by atoms with van der Waals surface area (Å²) in [6.45, 7) is 12.1. The van der Waals surface area contributed by atoms with Gasteiger partial charge in [-0.15, -0.1) is 12.4 Å². The van der Waals surface area contributed by atoms with Crippen molar-refractivity contribution in [2.24, 2.45) is 5.41 Å². The van der Waals surface area contributed by atoms with Crippen LogP contribution in [0.15, 0.2) is 16.6 Å². The van der Waals surface area contributed by atoms with Crippen molar-refractivity contribution in [3.05, 3.63) is 22.2 Å². The molecule has 1 aromatic carbocycles. The van der Waals surface area contributed by atoms with E-state index in [1.165, 1.54) is 0 Å². The summed E-state index contributed by atoms with van der Waals surface area (Å²) in [7, 11) is 3.31. The summed E-state index contributed by atoms with van der Waals surface area (Å²) in [5.41, 5.74) is 1.53. The summed E-state index contributed by atoms with van der Waals surface area (Å²) in [5, 5.41) is 3.64. The molecule has 128 valence electrons. The van der Waals surface area contributed by atoms with E-state index in [-0.39, 0.29) is 17.9 Å². The number of hydrogen-bond donors (Lipinski definition) is 1. The highest BCUT2D eigenvalue weighted by Crippen LogP contribution is 2.34. The van der Waals surface area contributed by atoms with Crippen LogP contribution in [0.1, 0.15) is 46.6 Å². The summed E-state index contributed by atoms with van der Waals surface area (Å²) < 4.78 is 11.7. The molecule has 0 unspecified atom stereocenters. The lowest BCUT2D eigenvalue weighted by atomic mass is 9.82. The van der Waals surface area contributed by atoms with E-state index in [1.807, 2.05) is 12.1 Å². The standard InChI is InChI=1S/C17H28BrNO2.ClH/c1-16(2,3)11-17(4,5)19-10-12-8-14(20-6)15(21-7)9-13(12)18;/h8-9,19H,10-11H2,1-7H3;1H. The molecular weight excluding hydrogens is 366 g/mol. The quantitative estimate of drug-likeness (QED) is 0.720. The first-order valence-electron chi connectivity index (χ1n) is 7.23. The molecule has 0 aliphatic rings. The largest absolute Gasteiger partial charge is 0.493 e. The number of methoxy groups -OCH3 is 2. The molecular formula is C17H29BrClNO2. The Bertz CT molecular complexity index is 484. The Morgan fingerprint density at radius 3 is 1.95 bits per heavy atom. The number of hydrogen-bond acceptors (Lipinski definition) is 3. The fourth-order valence-electron chi connectivity index (χ4n) is 2.75. The molecule has 0 atom stereocenters. The van der Waals surface area contributed by atoms with Crippen LogP contribution in [0.25, 0.3) is 0 Å². The molecule has 5 heteroatoms. The van der Waals surface area contributed by atoms with E-state index in [4.69, 9.17) is 9.47 Å². The van der Waals surface area contributed by atoms with Crippen LogP contribution in [0.2, 0.25) is 0 Å². The van der Waals surface area contributed by atoms with Gasteiger partial charge in [-0.2, -0.15) is 0 Å². The van der Waals surface area contributed by atoms with E-state index >= 15 is 0 Å². The van der Waals surface area contributed by atoms with Crippen molar-refractivity contribution >= 4 is 28.3 Å². The van der Waals surface area contributed by atoms with E-state index in [0.29, 0.717) is 5.41 Å². The van der Waals surface area contributed by atoms with E-state index in [1.54, 1.807) is 14.2 Å². The predicted octanol–water partition coefficient (Wildman–Crippen LogP) is 5.19. The fraction of sp³-hybridized carbons (Fsp3) is 0.647. The first kappa shape index (κ1) is 21.6. The van der Waals surface area contributed by atoms with E-state index in [0.717, 1.165) is 34.5 Å². The Kier molecular flexibility index (Phi) is 8.24. The second-order valence-electron chi connectivity index (χ2n) is 7.27. The lowest BCUT2D eigenvalue weighted by molar-refractivity contribution is 0.240. The highest BCUT2D eigenvalue weighted by atomic mass is 79.9. The van der Waals surface area contributed by atoms with E-state index in [2.05, 4.69) is 55.9 Å². The van der Waals surface area contributed by atoms with Crippen molar-refractivity contribution in [2.45, 2.75) is 53.1 Å². The molecule has 0 saturated carbocycles. The zero-order chi connectivity index (χ0) is 16.3. The second-order valence-corrected chi connectivity index (χ2v) is 8.13. The monoisotopic (exact) mass is 393 g/mol. The van der Waals surface area contributed by atoms with Gasteiger partial charge < -0.3 is 14.8 Å². The fourth-order valence-corrected chi connectivity index (χ4v) is 3.22. The number of ether oxygens (including phenoxy) is 2. The van der Waals surface area contributed by atoms with Gasteiger partial charge in [-0.1, -0.05) is 36.7 Å². The van der Waals surface area contributed by atoms with Gasteiger partial charge >= 0.3 is 0 Å². The number of benzene rings is 1. The van der Waals surface area contributed by atoms with Gasteiger partial charge in [0.25, 0.3) is 0 Å². The van der Waals surface area contributed by atoms with Gasteiger partial charge in [0.2, 0.25) is 0 Å². The van der Waals surface area contributed by atoms with Gasteiger partial charge in [0, 0.05) is 16.6 Å². The summed E-state index contributed by atoms with van der Waals surface area (Å²) in [4.78, 5) is 0. The van der Waals surface area contributed by atoms with Crippen molar-refractivity contribution in [1.82, 2.24) is 5.32 Å². The smallest absolute Gasteiger partial charge is 0.161 e. The molecule has 3 nitrogen and oxygen atoms in total. The van der Waals surface area contributed by atoms with Crippen LogP contribution in [0, 0.1) is 5.41 Å². The van der Waals surface area contributed by atoms with Crippen LogP contribution in [-0.2, 0) is 6.54 Å². The molecule has 1 rings (SSSR count). The topological polar surface area (TPSA) is 30.5 Å². The highest BCUT2D eigenvalue weighted by Gasteiger charge is 2.25. The Hall–Kier alpha value is -0.450. The summed E-state index contributed by atoms with van der Waals surface area (Å²) in [6.07, 6.45) is 1.10. The highest BCUT2D eigenvalue weighted by molar-refractivity contribution is 9.10. The third kappa shape index (κ3) is 6.76. The molecule has 0 aromatic heterocycles. The molecule has 0 saturated heterocycles. The first-order valence-corrected chi connectivity index (χ1v) is 8.03. The molecule has 0 aliphatic heterocycles. The maximum absolute atomic E-state index is 5.37. The van der Waals surface area contributed by atoms with Gasteiger partial charge in [0.1, 0.15) is 0 Å². The minimum atomic E-state index is 0. The number of halogens is 2. The average Bonchev–Trinajstić information content (AvgIpc) is 2.34. The van der Waals surface area contributed by atoms with Crippen LogP contribution in [-0.4, -0.2) is 19.8 Å². The zero-order valence-electron chi connectivity index (χ0n) is 14.7. The Balaban J connectivity index is 0.00000441. The number of nitrogens with one attached hydrogen (secondary N) is 1. The van der Waals surface area contributed by atoms with E-state index < -0.39 is 0 Å². The summed E-state index contributed by atoms with van der Waals surface area (Å²) in [5.74, 6) is 1.49. The van der Waals surface area contributed by atoms with Crippen molar-refractivity contribution in [2.75, 3.05) is 14.2 Å². The molecule has 22 heavy (non-hydrogen) atoms. The molecule has 0 amide bonds. The maximum atomic E-state index is 5.37. The molecule has 0 radical (unpaired) electrons. The average molecular weight is 395 g/mol. The minimum absolute atomic E-state index is 0. The van der Waals surface area contributed by atoms with Gasteiger partial charge in [-0.3, -0.25) is 0 Å². The zero-order valence-corrected chi connectivity index (χ0v) is 17.1. The molecule has 0 aliphatic carbocycles. The van der Waals surface area contributed by atoms with Crippen LogP contribution in [0.3, 0.4) is 0 Å². The summed E-state index contributed by atoms with van der Waals surface area (Å²) >= 11 is 3.60. The Morgan fingerprint density at radius 1 is 1.00 bits per heavy atom. The van der Waals surface area contributed by atoms with E-state index in [9.17, 15) is 0 Å². The Morgan fingerprint density at radius 2 is 1.50 bits per heavy atom. The molecule has 0 fully saturated rings. The SMILES string of the molecule is COc1cc(Br)c(CNC(C)(C)CC(C)(C)C)cc1OC.Cl. The molecule has 0 heterocycles. The lowest BCUT2D eigenvalue weighted by Crippen LogP contribution is -2.41. The van der Waals surface area contributed by atoms with Crippen molar-refractivity contribution in [1.29, 1.82) is 0 Å². The van der Waals surface area contributed by atoms with Crippen molar-refractivity contribution in [3.63, 3.8) is 0 Å². The Labute approximate surface area is 149 Å². The molecule has 0 spiro atoms. The third-order valence-corrected chi connectivity index (χ3v) is 4.02. The predicted molar refractivity (Wildman–Crippen MR) is 99.5 cm³/mol. The normalized spacial score (nSPS) is 11.8. The maximum Gasteiger partial charge on any atom is 0.161 e. The minimum Gasteiger partial charge on any atom is -0.493 e. The van der Waals surface area contributed by atoms with Gasteiger partial charge in [0.15, 0.2) is 11.5 Å². The second kappa shape index (κ2) is 8.42. The summed E-state index contributed by atoms with van der Waals surface area (Å²) in [6, 6.07) is 3.97. The molecule has 0 bridgehead atoms. The van der Waals surface area contributed by atoms with Crippen LogP contribution >= 0.6 is 28.3 Å². The van der Waals surface area contributed by atoms with Gasteiger partial charge in [-0.25, -0.2) is 0 Å². The molecule has 1 aromatic rings. The van der Waals surface area contributed by atoms with Crippen LogP contribution < -0.4 is 14.8 Å². The lowest BCUT2D eigenvalue weighted by Gasteiger charge is -2.33. The molecule has 1 N–H and O–H groups in total. The first-order chi connectivity index (χ1) is 9.58. The van der Waals surface area contributed by atoms with Crippen LogP contribution in [0.4, 0.5) is 0 Å². The number of rotatable bonds is 6.